The van der Waals surface area contributed by atoms with E-state index in [0.717, 1.165) is 31.6 Å². The van der Waals surface area contributed by atoms with Crippen LogP contribution in [0, 0.1) is 10.1 Å². The molecule has 26 heavy (non-hydrogen) atoms. The average molecular weight is 357 g/mol. The van der Waals surface area contributed by atoms with Gasteiger partial charge in [0, 0.05) is 25.2 Å². The van der Waals surface area contributed by atoms with Crippen molar-refractivity contribution in [1.29, 1.82) is 0 Å². The fraction of sp³-hybridized carbons (Fsp3) is 0.400. The Morgan fingerprint density at radius 1 is 1.12 bits per heavy atom. The lowest BCUT2D eigenvalue weighted by molar-refractivity contribution is -0.384. The molecule has 6 nitrogen and oxygen atoms in total. The molecule has 0 fully saturated rings. The summed E-state index contributed by atoms with van der Waals surface area (Å²) in [6.07, 6.45) is 0.922. The first-order valence-corrected chi connectivity index (χ1v) is 9.05. The Morgan fingerprint density at radius 3 is 2.50 bits per heavy atom. The van der Waals surface area contributed by atoms with E-state index in [-0.39, 0.29) is 10.6 Å². The number of hydrogen-bond acceptors (Lipinski definition) is 5. The molecule has 1 N–H and O–H groups in total. The minimum absolute atomic E-state index is 0.0522. The number of hydrogen-bond donors (Lipinski definition) is 1. The quantitative estimate of drug-likeness (QED) is 0.368. The summed E-state index contributed by atoms with van der Waals surface area (Å²) in [4.78, 5) is 13.2. The fourth-order valence-electron chi connectivity index (χ4n) is 2.72. The fourth-order valence-corrected chi connectivity index (χ4v) is 2.72. The molecule has 0 unspecified atom stereocenters. The minimum Gasteiger partial charge on any atom is -0.493 e. The van der Waals surface area contributed by atoms with Gasteiger partial charge in [0.05, 0.1) is 11.5 Å². The van der Waals surface area contributed by atoms with Crippen molar-refractivity contribution in [3.63, 3.8) is 0 Å². The molecule has 0 atom stereocenters. The van der Waals surface area contributed by atoms with Gasteiger partial charge in [-0.2, -0.15) is 0 Å². The van der Waals surface area contributed by atoms with Crippen molar-refractivity contribution in [2.45, 2.75) is 26.8 Å². The SMILES string of the molecule is CCN(CC)CCCOc1ccc([N+](=O)[O-])c(NCc2ccccc2)c1. The first-order valence-electron chi connectivity index (χ1n) is 9.05. The van der Waals surface area contributed by atoms with E-state index in [0.29, 0.717) is 24.6 Å². The third-order valence-corrected chi connectivity index (χ3v) is 4.27. The first kappa shape index (κ1) is 19.7. The van der Waals surface area contributed by atoms with Crippen LogP contribution in [-0.2, 0) is 6.54 Å². The lowest BCUT2D eigenvalue weighted by atomic mass is 10.2. The summed E-state index contributed by atoms with van der Waals surface area (Å²) >= 11 is 0. The highest BCUT2D eigenvalue weighted by molar-refractivity contribution is 5.64. The Labute approximate surface area is 154 Å². The van der Waals surface area contributed by atoms with Crippen molar-refractivity contribution in [2.24, 2.45) is 0 Å². The second-order valence-electron chi connectivity index (χ2n) is 6.00. The molecule has 0 spiro atoms. The summed E-state index contributed by atoms with van der Waals surface area (Å²) in [5.41, 5.74) is 1.59. The van der Waals surface area contributed by atoms with Crippen LogP contribution in [-0.4, -0.2) is 36.1 Å². The molecule has 0 aliphatic rings. The van der Waals surface area contributed by atoms with Crippen molar-refractivity contribution >= 4 is 11.4 Å². The van der Waals surface area contributed by atoms with Crippen LogP contribution in [0.25, 0.3) is 0 Å². The predicted octanol–water partition coefficient (Wildman–Crippen LogP) is 4.32. The summed E-state index contributed by atoms with van der Waals surface area (Å²) < 4.78 is 5.78. The summed E-state index contributed by atoms with van der Waals surface area (Å²) in [6.45, 7) is 8.44. The van der Waals surface area contributed by atoms with Crippen LogP contribution in [0.2, 0.25) is 0 Å². The maximum Gasteiger partial charge on any atom is 0.292 e. The number of benzene rings is 2. The third kappa shape index (κ3) is 6.04. The molecular formula is C20H27N3O3. The van der Waals surface area contributed by atoms with E-state index >= 15 is 0 Å². The lowest BCUT2D eigenvalue weighted by Crippen LogP contribution is -2.25. The zero-order valence-electron chi connectivity index (χ0n) is 15.5. The molecule has 2 aromatic rings. The van der Waals surface area contributed by atoms with Crippen LogP contribution in [0.1, 0.15) is 25.8 Å². The van der Waals surface area contributed by atoms with Gasteiger partial charge in [-0.15, -0.1) is 0 Å². The molecule has 0 aliphatic carbocycles. The van der Waals surface area contributed by atoms with Gasteiger partial charge in [0.1, 0.15) is 11.4 Å². The molecule has 6 heteroatoms. The smallest absolute Gasteiger partial charge is 0.292 e. The molecule has 0 heterocycles. The van der Waals surface area contributed by atoms with Gasteiger partial charge < -0.3 is 15.0 Å². The molecule has 0 saturated heterocycles. The lowest BCUT2D eigenvalue weighted by Gasteiger charge is -2.17. The standard InChI is InChI=1S/C20H27N3O3/c1-3-22(4-2)13-8-14-26-18-11-12-20(23(24)25)19(15-18)21-16-17-9-6-5-7-10-17/h5-7,9-12,15,21H,3-4,8,13-14,16H2,1-2H3. The Kier molecular flexibility index (Phi) is 7.89. The third-order valence-electron chi connectivity index (χ3n) is 4.27. The maximum atomic E-state index is 11.3. The van der Waals surface area contributed by atoms with Crippen molar-refractivity contribution < 1.29 is 9.66 Å². The van der Waals surface area contributed by atoms with Crippen LogP contribution in [0.15, 0.2) is 48.5 Å². The van der Waals surface area contributed by atoms with Crippen molar-refractivity contribution in [1.82, 2.24) is 4.90 Å². The van der Waals surface area contributed by atoms with Gasteiger partial charge in [0.2, 0.25) is 0 Å². The van der Waals surface area contributed by atoms with Gasteiger partial charge in [0.15, 0.2) is 0 Å². The van der Waals surface area contributed by atoms with Crippen molar-refractivity contribution in [2.75, 3.05) is 31.6 Å². The molecular weight excluding hydrogens is 330 g/mol. The summed E-state index contributed by atoms with van der Waals surface area (Å²) in [7, 11) is 0. The van der Waals surface area contributed by atoms with Crippen molar-refractivity contribution in [3.05, 3.63) is 64.2 Å². The van der Waals surface area contributed by atoms with E-state index in [9.17, 15) is 10.1 Å². The van der Waals surface area contributed by atoms with Gasteiger partial charge in [-0.3, -0.25) is 10.1 Å². The monoisotopic (exact) mass is 357 g/mol. The number of nitrogens with zero attached hydrogens (tertiary/aromatic N) is 2. The van der Waals surface area contributed by atoms with E-state index in [1.165, 1.54) is 6.07 Å². The summed E-state index contributed by atoms with van der Waals surface area (Å²) in [6, 6.07) is 14.6. The van der Waals surface area contributed by atoms with E-state index in [2.05, 4.69) is 24.1 Å². The number of rotatable bonds is 11. The van der Waals surface area contributed by atoms with Gasteiger partial charge >= 0.3 is 0 Å². The number of nitro groups is 1. The average Bonchev–Trinajstić information content (AvgIpc) is 2.67. The Hall–Kier alpha value is -2.60. The maximum absolute atomic E-state index is 11.3. The van der Waals surface area contributed by atoms with Crippen LogP contribution in [0.3, 0.4) is 0 Å². The predicted molar refractivity (Wildman–Crippen MR) is 105 cm³/mol. The number of anilines is 1. The molecule has 2 rings (SSSR count). The highest BCUT2D eigenvalue weighted by Gasteiger charge is 2.14. The number of nitrogens with one attached hydrogen (secondary N) is 1. The Balaban J connectivity index is 1.97. The first-order chi connectivity index (χ1) is 12.6. The van der Waals surface area contributed by atoms with Crippen LogP contribution in [0.5, 0.6) is 5.75 Å². The van der Waals surface area contributed by atoms with E-state index < -0.39 is 0 Å². The van der Waals surface area contributed by atoms with E-state index in [1.807, 2.05) is 30.3 Å². The minimum atomic E-state index is -0.377. The summed E-state index contributed by atoms with van der Waals surface area (Å²) in [5.74, 6) is 0.644. The molecule has 0 amide bonds. The highest BCUT2D eigenvalue weighted by Crippen LogP contribution is 2.29. The van der Waals surface area contributed by atoms with E-state index in [1.54, 1.807) is 12.1 Å². The van der Waals surface area contributed by atoms with Gasteiger partial charge in [-0.1, -0.05) is 44.2 Å². The molecule has 0 radical (unpaired) electrons. The zero-order valence-corrected chi connectivity index (χ0v) is 15.5. The summed E-state index contributed by atoms with van der Waals surface area (Å²) in [5, 5.41) is 14.4. The van der Waals surface area contributed by atoms with Gasteiger partial charge in [-0.05, 0) is 31.1 Å². The second kappa shape index (κ2) is 10.4. The van der Waals surface area contributed by atoms with Crippen molar-refractivity contribution in [3.8, 4) is 5.75 Å². The second-order valence-corrected chi connectivity index (χ2v) is 6.00. The highest BCUT2D eigenvalue weighted by atomic mass is 16.6. The molecule has 2 aromatic carbocycles. The largest absolute Gasteiger partial charge is 0.493 e. The Bertz CT molecular complexity index is 688. The number of nitro benzene ring substituents is 1. The molecule has 0 aliphatic heterocycles. The van der Waals surface area contributed by atoms with Crippen LogP contribution < -0.4 is 10.1 Å². The zero-order chi connectivity index (χ0) is 18.8. The van der Waals surface area contributed by atoms with Crippen LogP contribution >= 0.6 is 0 Å². The van der Waals surface area contributed by atoms with Gasteiger partial charge in [-0.25, -0.2) is 0 Å². The molecule has 0 aromatic heterocycles. The van der Waals surface area contributed by atoms with Gasteiger partial charge in [0.25, 0.3) is 5.69 Å². The van der Waals surface area contributed by atoms with E-state index in [4.69, 9.17) is 4.74 Å². The normalized spacial score (nSPS) is 10.7. The molecule has 0 saturated carbocycles. The topological polar surface area (TPSA) is 67.6 Å². The molecule has 140 valence electrons. The molecule has 0 bridgehead atoms. The number of ether oxygens (including phenoxy) is 1. The Morgan fingerprint density at radius 2 is 1.85 bits per heavy atom. The van der Waals surface area contributed by atoms with Crippen LogP contribution in [0.4, 0.5) is 11.4 Å².